The van der Waals surface area contributed by atoms with Crippen LogP contribution in [0.15, 0.2) is 59.5 Å². The van der Waals surface area contributed by atoms with E-state index in [9.17, 15) is 14.0 Å². The fraction of sp³-hybridized carbons (Fsp3) is 0.321. The van der Waals surface area contributed by atoms with Crippen molar-refractivity contribution >= 4 is 16.8 Å². The van der Waals surface area contributed by atoms with Gasteiger partial charge in [0.05, 0.1) is 23.7 Å². The smallest absolute Gasteiger partial charge is 0.305 e. The van der Waals surface area contributed by atoms with Crippen LogP contribution in [0, 0.1) is 13.8 Å². The average Bonchev–Trinajstić information content (AvgIpc) is 3.08. The van der Waals surface area contributed by atoms with Crippen molar-refractivity contribution in [3.8, 4) is 11.4 Å². The van der Waals surface area contributed by atoms with Gasteiger partial charge in [0, 0.05) is 22.5 Å². The lowest BCUT2D eigenvalue weighted by molar-refractivity contribution is -0.128. The molecular weight excluding hydrogens is 429 g/mol. The van der Waals surface area contributed by atoms with Gasteiger partial charge in [-0.2, -0.15) is 14.2 Å². The normalized spacial score (nSPS) is 11.3. The van der Waals surface area contributed by atoms with E-state index >= 15 is 0 Å². The first-order valence-electron chi connectivity index (χ1n) is 11.9. The molecule has 0 atom stereocenters. The van der Waals surface area contributed by atoms with E-state index < -0.39 is 6.04 Å². The van der Waals surface area contributed by atoms with Crippen LogP contribution in [0.1, 0.15) is 55.1 Å². The van der Waals surface area contributed by atoms with E-state index in [0.717, 1.165) is 28.9 Å². The molecule has 0 saturated carbocycles. The van der Waals surface area contributed by atoms with Crippen molar-refractivity contribution in [2.24, 2.45) is 0 Å². The monoisotopic (exact) mass is 459 g/mol. The molecule has 2 heterocycles. The van der Waals surface area contributed by atoms with Crippen LogP contribution in [0.4, 0.5) is 4.39 Å². The van der Waals surface area contributed by atoms with E-state index in [-0.39, 0.29) is 12.0 Å². The maximum Gasteiger partial charge on any atom is 0.305 e. The largest absolute Gasteiger partial charge is 0.317 e. The molecule has 0 fully saturated rings. The molecule has 0 radical (unpaired) electrons. The van der Waals surface area contributed by atoms with Crippen LogP contribution in [0.3, 0.4) is 0 Å². The lowest BCUT2D eigenvalue weighted by Gasteiger charge is -2.11. The number of carbonyl (C=O) groups is 1. The minimum Gasteiger partial charge on any atom is -0.317 e. The first kappa shape index (κ1) is 23.6. The van der Waals surface area contributed by atoms with Crippen molar-refractivity contribution in [1.82, 2.24) is 14.3 Å². The predicted octanol–water partition coefficient (Wildman–Crippen LogP) is 5.95. The molecule has 0 N–H and O–H groups in total. The minimum absolute atomic E-state index is 0.207. The van der Waals surface area contributed by atoms with Crippen molar-refractivity contribution < 1.29 is 9.18 Å². The summed E-state index contributed by atoms with van der Waals surface area (Å²) in [5.41, 5.74) is 5.11. The molecule has 4 aromatic rings. The molecule has 176 valence electrons. The highest BCUT2D eigenvalue weighted by molar-refractivity contribution is 5.88. The molecule has 0 amide bonds. The number of hydrogen-bond donors (Lipinski definition) is 0. The van der Waals surface area contributed by atoms with Crippen molar-refractivity contribution in [1.29, 1.82) is 0 Å². The first-order chi connectivity index (χ1) is 16.4. The molecule has 34 heavy (non-hydrogen) atoms. The topological polar surface area (TPSA) is 56.9 Å². The zero-order valence-electron chi connectivity index (χ0n) is 20.0. The standard InChI is InChI=1S/C28H30FN3O2/c1-4-5-6-7-9-21-10-8-11-24(16-21)31-19(2)25-18-30-32(28(34)27(25)20(31)3)23-14-12-22(13-15-23)17-26(29)33/h8,10-16,18H,4-7,9,17H2,1-3H3. The molecule has 0 spiro atoms. The molecule has 0 saturated heterocycles. The Morgan fingerprint density at radius 1 is 0.941 bits per heavy atom. The van der Waals surface area contributed by atoms with Gasteiger partial charge < -0.3 is 4.57 Å². The van der Waals surface area contributed by atoms with Crippen molar-refractivity contribution in [2.75, 3.05) is 0 Å². The van der Waals surface area contributed by atoms with Crippen LogP contribution in [-0.4, -0.2) is 20.4 Å². The Hall–Kier alpha value is -3.54. The van der Waals surface area contributed by atoms with Gasteiger partial charge in [0.15, 0.2) is 0 Å². The second-order valence-electron chi connectivity index (χ2n) is 8.84. The highest BCUT2D eigenvalue weighted by atomic mass is 19.1. The molecule has 0 aliphatic heterocycles. The second-order valence-corrected chi connectivity index (χ2v) is 8.84. The number of fused-ring (bicyclic) bond motifs is 1. The zero-order valence-corrected chi connectivity index (χ0v) is 20.0. The fourth-order valence-corrected chi connectivity index (χ4v) is 4.66. The summed E-state index contributed by atoms with van der Waals surface area (Å²) in [5.74, 6) is 0. The minimum atomic E-state index is -1.39. The van der Waals surface area contributed by atoms with Gasteiger partial charge in [-0.15, -0.1) is 0 Å². The van der Waals surface area contributed by atoms with Gasteiger partial charge in [-0.25, -0.2) is 0 Å². The maximum atomic E-state index is 13.5. The Kier molecular flexibility index (Phi) is 7.06. The molecule has 0 bridgehead atoms. The number of benzene rings is 2. The third-order valence-electron chi connectivity index (χ3n) is 6.41. The summed E-state index contributed by atoms with van der Waals surface area (Å²) in [6, 6.07) is 13.8. The van der Waals surface area contributed by atoms with Crippen LogP contribution >= 0.6 is 0 Å². The van der Waals surface area contributed by atoms with Gasteiger partial charge in [-0.3, -0.25) is 9.59 Å². The van der Waals surface area contributed by atoms with Crippen LogP contribution in [0.25, 0.3) is 22.1 Å². The molecule has 0 aliphatic carbocycles. The Balaban J connectivity index is 1.72. The first-order valence-corrected chi connectivity index (χ1v) is 11.9. The number of rotatable bonds is 9. The van der Waals surface area contributed by atoms with Gasteiger partial charge >= 0.3 is 6.04 Å². The van der Waals surface area contributed by atoms with Crippen LogP contribution in [0.5, 0.6) is 0 Å². The zero-order chi connectivity index (χ0) is 24.2. The molecule has 0 unspecified atom stereocenters. The van der Waals surface area contributed by atoms with E-state index in [4.69, 9.17) is 0 Å². The summed E-state index contributed by atoms with van der Waals surface area (Å²) in [5, 5.41) is 5.86. The number of carbonyl (C=O) groups excluding carboxylic acids is 1. The van der Waals surface area contributed by atoms with Gasteiger partial charge in [-0.1, -0.05) is 50.5 Å². The molecule has 2 aromatic carbocycles. The average molecular weight is 460 g/mol. The van der Waals surface area contributed by atoms with E-state index in [1.807, 2.05) is 13.8 Å². The Morgan fingerprint density at radius 3 is 2.41 bits per heavy atom. The Bertz CT molecular complexity index is 1380. The molecule has 6 heteroatoms. The highest BCUT2D eigenvalue weighted by Gasteiger charge is 2.18. The lowest BCUT2D eigenvalue weighted by Crippen LogP contribution is -2.21. The number of aryl methyl sites for hydroxylation is 3. The Labute approximate surface area is 198 Å². The van der Waals surface area contributed by atoms with Crippen molar-refractivity contribution in [3.63, 3.8) is 0 Å². The fourth-order valence-electron chi connectivity index (χ4n) is 4.66. The molecule has 4 rings (SSSR count). The third kappa shape index (κ3) is 4.72. The predicted molar refractivity (Wildman–Crippen MR) is 134 cm³/mol. The number of hydrogen-bond acceptors (Lipinski definition) is 3. The highest BCUT2D eigenvalue weighted by Crippen LogP contribution is 2.27. The SMILES string of the molecule is CCCCCCc1cccc(-n2c(C)c3cnn(-c4ccc(CC(=O)F)cc4)c(=O)c3c2C)c1. The second kappa shape index (κ2) is 10.2. The van der Waals surface area contributed by atoms with Crippen LogP contribution in [-0.2, 0) is 17.6 Å². The summed E-state index contributed by atoms with van der Waals surface area (Å²) >= 11 is 0. The maximum absolute atomic E-state index is 13.5. The Morgan fingerprint density at radius 2 is 1.71 bits per heavy atom. The summed E-state index contributed by atoms with van der Waals surface area (Å²) in [4.78, 5) is 24.2. The van der Waals surface area contributed by atoms with Crippen LogP contribution < -0.4 is 5.56 Å². The number of unbranched alkanes of at least 4 members (excludes halogenated alkanes) is 3. The lowest BCUT2D eigenvalue weighted by atomic mass is 10.1. The number of aromatic nitrogens is 3. The molecule has 0 aliphatic rings. The van der Waals surface area contributed by atoms with E-state index in [2.05, 4.69) is 40.9 Å². The molecule has 2 aromatic heterocycles. The van der Waals surface area contributed by atoms with Gasteiger partial charge in [0.2, 0.25) is 0 Å². The molecular formula is C28H30FN3O2. The van der Waals surface area contributed by atoms with Crippen molar-refractivity contribution in [2.45, 2.75) is 59.3 Å². The van der Waals surface area contributed by atoms with E-state index in [1.165, 1.54) is 35.9 Å². The van der Waals surface area contributed by atoms with E-state index in [0.29, 0.717) is 16.6 Å². The van der Waals surface area contributed by atoms with Crippen LogP contribution in [0.2, 0.25) is 0 Å². The summed E-state index contributed by atoms with van der Waals surface area (Å²) in [6.45, 7) is 6.19. The molecule has 5 nitrogen and oxygen atoms in total. The summed E-state index contributed by atoms with van der Waals surface area (Å²) < 4.78 is 16.2. The van der Waals surface area contributed by atoms with Gasteiger partial charge in [-0.05, 0) is 62.1 Å². The summed E-state index contributed by atoms with van der Waals surface area (Å²) in [7, 11) is 0. The van der Waals surface area contributed by atoms with Crippen molar-refractivity contribution in [3.05, 3.63) is 87.6 Å². The third-order valence-corrected chi connectivity index (χ3v) is 6.41. The van der Waals surface area contributed by atoms with E-state index in [1.54, 1.807) is 30.5 Å². The van der Waals surface area contributed by atoms with Gasteiger partial charge in [0.25, 0.3) is 5.56 Å². The summed E-state index contributed by atoms with van der Waals surface area (Å²) in [6.07, 6.45) is 7.39. The number of nitrogens with zero attached hydrogens (tertiary/aromatic N) is 3. The number of halogens is 1. The van der Waals surface area contributed by atoms with Gasteiger partial charge in [0.1, 0.15) is 0 Å². The quantitative estimate of drug-likeness (QED) is 0.229.